The quantitative estimate of drug-likeness (QED) is 0.504. The molecule has 0 unspecified atom stereocenters. The number of hydrogen-bond acceptors (Lipinski definition) is 4. The smallest absolute Gasteiger partial charge is 0.283 e. The van der Waals surface area contributed by atoms with Crippen LogP contribution in [-0.2, 0) is 9.59 Å². The highest BCUT2D eigenvalue weighted by molar-refractivity contribution is 8.04. The molecule has 4 rings (SSSR count). The summed E-state index contributed by atoms with van der Waals surface area (Å²) < 4.78 is 0. The first-order valence-electron chi connectivity index (χ1n) is 9.40. The SMILES string of the molecule is Cc1cccc(N2C(=O)C(Nc3ccc(Cl)cc3)=C(Sc3ccccc3)C2=O)c1C. The molecular formula is C24H19ClN2O2S. The maximum atomic E-state index is 13.4. The normalized spacial score (nSPS) is 13.9. The minimum atomic E-state index is -0.373. The number of anilines is 2. The number of imide groups is 1. The van der Waals surface area contributed by atoms with Crippen molar-refractivity contribution in [3.05, 3.63) is 99.5 Å². The molecule has 1 aliphatic rings. The van der Waals surface area contributed by atoms with Gasteiger partial charge in [0.15, 0.2) is 0 Å². The van der Waals surface area contributed by atoms with Crippen molar-refractivity contribution >= 4 is 46.6 Å². The Morgan fingerprint density at radius 3 is 2.23 bits per heavy atom. The number of thioether (sulfide) groups is 1. The largest absolute Gasteiger partial charge is 0.350 e. The number of nitrogens with zero attached hydrogens (tertiary/aromatic N) is 1. The highest BCUT2D eigenvalue weighted by Crippen LogP contribution is 2.39. The van der Waals surface area contributed by atoms with Crippen LogP contribution >= 0.6 is 23.4 Å². The second-order valence-electron chi connectivity index (χ2n) is 6.92. The number of carbonyl (C=O) groups excluding carboxylic acids is 2. The van der Waals surface area contributed by atoms with Crippen LogP contribution in [0.15, 0.2) is 88.3 Å². The minimum absolute atomic E-state index is 0.261. The summed E-state index contributed by atoms with van der Waals surface area (Å²) in [5.41, 5.74) is 3.46. The van der Waals surface area contributed by atoms with Gasteiger partial charge in [-0.3, -0.25) is 9.59 Å². The van der Waals surface area contributed by atoms with Crippen LogP contribution in [0.3, 0.4) is 0 Å². The average Bonchev–Trinajstić information content (AvgIpc) is 2.96. The van der Waals surface area contributed by atoms with E-state index in [1.54, 1.807) is 30.3 Å². The van der Waals surface area contributed by atoms with E-state index in [1.165, 1.54) is 16.7 Å². The first-order valence-corrected chi connectivity index (χ1v) is 10.6. The molecule has 6 heteroatoms. The number of carbonyl (C=O) groups is 2. The molecule has 0 atom stereocenters. The van der Waals surface area contributed by atoms with Gasteiger partial charge in [-0.25, -0.2) is 4.90 Å². The summed E-state index contributed by atoms with van der Waals surface area (Å²) in [5.74, 6) is -0.707. The lowest BCUT2D eigenvalue weighted by atomic mass is 10.1. The maximum Gasteiger partial charge on any atom is 0.283 e. The summed E-state index contributed by atoms with van der Waals surface area (Å²) in [6, 6.07) is 22.2. The van der Waals surface area contributed by atoms with Crippen molar-refractivity contribution in [2.24, 2.45) is 0 Å². The molecule has 1 N–H and O–H groups in total. The molecular weight excluding hydrogens is 416 g/mol. The van der Waals surface area contributed by atoms with Crippen molar-refractivity contribution in [1.29, 1.82) is 0 Å². The van der Waals surface area contributed by atoms with Gasteiger partial charge in [0, 0.05) is 15.6 Å². The summed E-state index contributed by atoms with van der Waals surface area (Å²) in [7, 11) is 0. The number of aryl methyl sites for hydroxylation is 1. The van der Waals surface area contributed by atoms with Crippen molar-refractivity contribution in [2.45, 2.75) is 18.7 Å². The van der Waals surface area contributed by atoms with E-state index in [1.807, 2.05) is 56.3 Å². The summed E-state index contributed by atoms with van der Waals surface area (Å²) in [4.78, 5) is 29.3. The van der Waals surface area contributed by atoms with Gasteiger partial charge < -0.3 is 5.32 Å². The van der Waals surface area contributed by atoms with E-state index < -0.39 is 0 Å². The zero-order valence-electron chi connectivity index (χ0n) is 16.5. The Balaban J connectivity index is 1.77. The Morgan fingerprint density at radius 2 is 1.53 bits per heavy atom. The lowest BCUT2D eigenvalue weighted by Crippen LogP contribution is -2.33. The van der Waals surface area contributed by atoms with Gasteiger partial charge in [0.2, 0.25) is 0 Å². The molecule has 4 nitrogen and oxygen atoms in total. The first-order chi connectivity index (χ1) is 14.5. The number of hydrogen-bond donors (Lipinski definition) is 1. The Hall–Kier alpha value is -3.02. The van der Waals surface area contributed by atoms with Crippen molar-refractivity contribution < 1.29 is 9.59 Å². The van der Waals surface area contributed by atoms with Gasteiger partial charge in [-0.2, -0.15) is 0 Å². The van der Waals surface area contributed by atoms with Crippen LogP contribution in [-0.4, -0.2) is 11.8 Å². The molecule has 0 radical (unpaired) electrons. The van der Waals surface area contributed by atoms with E-state index in [9.17, 15) is 9.59 Å². The fraction of sp³-hybridized carbons (Fsp3) is 0.0833. The third-order valence-electron chi connectivity index (χ3n) is 4.93. The van der Waals surface area contributed by atoms with Crippen LogP contribution < -0.4 is 10.2 Å². The van der Waals surface area contributed by atoms with Crippen LogP contribution in [0.2, 0.25) is 5.02 Å². The highest BCUT2D eigenvalue weighted by Gasteiger charge is 2.40. The number of nitrogens with one attached hydrogen (secondary N) is 1. The Labute approximate surface area is 184 Å². The monoisotopic (exact) mass is 434 g/mol. The van der Waals surface area contributed by atoms with Crippen LogP contribution in [0.4, 0.5) is 11.4 Å². The van der Waals surface area contributed by atoms with Crippen molar-refractivity contribution in [3.63, 3.8) is 0 Å². The van der Waals surface area contributed by atoms with Gasteiger partial charge in [0.1, 0.15) is 10.6 Å². The molecule has 0 aromatic heterocycles. The van der Waals surface area contributed by atoms with Crippen molar-refractivity contribution in [1.82, 2.24) is 0 Å². The molecule has 1 heterocycles. The maximum absolute atomic E-state index is 13.4. The van der Waals surface area contributed by atoms with Crippen LogP contribution in [0.5, 0.6) is 0 Å². The summed E-state index contributed by atoms with van der Waals surface area (Å²) >= 11 is 7.26. The summed E-state index contributed by atoms with van der Waals surface area (Å²) in [6.45, 7) is 3.88. The second kappa shape index (κ2) is 8.38. The van der Waals surface area contributed by atoms with Gasteiger partial charge in [-0.1, -0.05) is 53.7 Å². The fourth-order valence-corrected chi connectivity index (χ4v) is 4.27. The lowest BCUT2D eigenvalue weighted by molar-refractivity contribution is -0.120. The standard InChI is InChI=1S/C24H19ClN2O2S/c1-15-7-6-10-20(16(15)2)27-23(28)21(26-18-13-11-17(25)12-14-18)22(24(27)29)30-19-8-4-3-5-9-19/h3-14,26H,1-2H3. The molecule has 0 bridgehead atoms. The second-order valence-corrected chi connectivity index (χ2v) is 8.44. The van der Waals surface area contributed by atoms with E-state index in [2.05, 4.69) is 5.32 Å². The van der Waals surface area contributed by atoms with Crippen LogP contribution in [0, 0.1) is 13.8 Å². The topological polar surface area (TPSA) is 49.4 Å². The fourth-order valence-electron chi connectivity index (χ4n) is 3.20. The number of halogens is 1. The van der Waals surface area contributed by atoms with Crippen molar-refractivity contribution in [3.8, 4) is 0 Å². The van der Waals surface area contributed by atoms with Gasteiger partial charge in [-0.05, 0) is 67.4 Å². The molecule has 3 aromatic rings. The van der Waals surface area contributed by atoms with E-state index in [4.69, 9.17) is 11.6 Å². The molecule has 3 aromatic carbocycles. The molecule has 150 valence electrons. The first kappa shape index (κ1) is 20.3. The third-order valence-corrected chi connectivity index (χ3v) is 6.28. The zero-order valence-corrected chi connectivity index (χ0v) is 18.1. The predicted molar refractivity (Wildman–Crippen MR) is 123 cm³/mol. The van der Waals surface area contributed by atoms with Crippen LogP contribution in [0.25, 0.3) is 0 Å². The molecule has 0 spiro atoms. The molecule has 1 aliphatic heterocycles. The molecule has 0 fully saturated rings. The van der Waals surface area contributed by atoms with E-state index >= 15 is 0 Å². The van der Waals surface area contributed by atoms with Gasteiger partial charge in [0.25, 0.3) is 11.8 Å². The third kappa shape index (κ3) is 3.86. The molecule has 0 saturated heterocycles. The number of amides is 2. The Bertz CT molecular complexity index is 1160. The minimum Gasteiger partial charge on any atom is -0.350 e. The predicted octanol–water partition coefficient (Wildman–Crippen LogP) is 5.95. The summed E-state index contributed by atoms with van der Waals surface area (Å²) in [6.07, 6.45) is 0. The zero-order chi connectivity index (χ0) is 21.3. The Kier molecular flexibility index (Phi) is 5.66. The highest BCUT2D eigenvalue weighted by atomic mass is 35.5. The average molecular weight is 435 g/mol. The van der Waals surface area contributed by atoms with E-state index in [-0.39, 0.29) is 17.5 Å². The van der Waals surface area contributed by atoms with E-state index in [0.29, 0.717) is 21.3 Å². The van der Waals surface area contributed by atoms with Gasteiger partial charge in [-0.15, -0.1) is 0 Å². The van der Waals surface area contributed by atoms with E-state index in [0.717, 1.165) is 16.0 Å². The van der Waals surface area contributed by atoms with Crippen LogP contribution in [0.1, 0.15) is 11.1 Å². The molecule has 2 amide bonds. The van der Waals surface area contributed by atoms with Gasteiger partial charge in [0.05, 0.1) is 5.69 Å². The lowest BCUT2D eigenvalue weighted by Gasteiger charge is -2.19. The molecule has 30 heavy (non-hydrogen) atoms. The summed E-state index contributed by atoms with van der Waals surface area (Å²) in [5, 5.41) is 3.74. The molecule has 0 saturated carbocycles. The Morgan fingerprint density at radius 1 is 0.833 bits per heavy atom. The molecule has 0 aliphatic carbocycles. The van der Waals surface area contributed by atoms with Gasteiger partial charge >= 0.3 is 0 Å². The number of rotatable bonds is 5. The van der Waals surface area contributed by atoms with Crippen molar-refractivity contribution in [2.75, 3.05) is 10.2 Å². The number of benzene rings is 3.